The highest BCUT2D eigenvalue weighted by atomic mass is 79.9. The lowest BCUT2D eigenvalue weighted by Gasteiger charge is -2.28. The second-order valence-electron chi connectivity index (χ2n) is 7.92. The fraction of sp³-hybridized carbons (Fsp3) is 0.500. The maximum Gasteiger partial charge on any atom is 0.308 e. The number of nitrogens with one attached hydrogen (secondary N) is 1. The Labute approximate surface area is 208 Å². The van der Waals surface area contributed by atoms with Gasteiger partial charge < -0.3 is 10.1 Å². The van der Waals surface area contributed by atoms with Gasteiger partial charge in [0.25, 0.3) is 5.91 Å². The van der Waals surface area contributed by atoms with Crippen LogP contribution in [0.4, 0.5) is 5.69 Å². The highest BCUT2D eigenvalue weighted by Gasteiger charge is 2.66. The van der Waals surface area contributed by atoms with Gasteiger partial charge in [0.2, 0.25) is 11.8 Å². The van der Waals surface area contributed by atoms with Gasteiger partial charge >= 0.3 is 5.97 Å². The number of likely N-dealkylation sites (tertiary alicyclic amines) is 1. The van der Waals surface area contributed by atoms with Crippen LogP contribution in [-0.4, -0.2) is 51.4 Å². The number of ether oxygens (including phenoxy) is 1. The maximum absolute atomic E-state index is 12.8. The molecule has 0 unspecified atom stereocenters. The van der Waals surface area contributed by atoms with Crippen molar-refractivity contribution >= 4 is 88.8 Å². The minimum absolute atomic E-state index is 0.0349. The molecule has 1 N–H and O–H groups in total. The average molecular weight is 642 g/mol. The van der Waals surface area contributed by atoms with Crippen molar-refractivity contribution < 1.29 is 23.9 Å². The number of halogens is 4. The predicted molar refractivity (Wildman–Crippen MR) is 124 cm³/mol. The van der Waals surface area contributed by atoms with E-state index in [0.717, 1.165) is 6.42 Å². The summed E-state index contributed by atoms with van der Waals surface area (Å²) in [5.74, 6) is -1.94. The third-order valence-corrected chi connectivity index (χ3v) is 10.6. The second-order valence-corrected chi connectivity index (χ2v) is 11.3. The molecule has 166 valence electrons. The summed E-state index contributed by atoms with van der Waals surface area (Å²) in [4.78, 5) is 51.2. The Kier molecular flexibility index (Phi) is 6.82. The molecule has 3 amide bonds. The van der Waals surface area contributed by atoms with Crippen molar-refractivity contribution in [2.45, 2.75) is 22.5 Å². The second kappa shape index (κ2) is 9.11. The monoisotopic (exact) mass is 638 g/mol. The van der Waals surface area contributed by atoms with Crippen molar-refractivity contribution in [1.29, 1.82) is 0 Å². The maximum atomic E-state index is 12.8. The van der Waals surface area contributed by atoms with E-state index in [1.807, 2.05) is 0 Å². The first-order valence-electron chi connectivity index (χ1n) is 9.73. The largest absolute Gasteiger partial charge is 0.456 e. The lowest BCUT2D eigenvalue weighted by atomic mass is 9.81. The SMILES string of the molecule is O=C(COC(=O)CCN1C(=O)[C@@H]2[C@H]3C[C@@H]([C@H](Br)[C@H]3Br)[C@@H]2C1=O)Nc1ccc(Br)c(Cl)c1. The molecule has 4 rings (SSSR count). The molecule has 1 heterocycles. The summed E-state index contributed by atoms with van der Waals surface area (Å²) in [5, 5.41) is 3.01. The Morgan fingerprint density at radius 2 is 1.74 bits per heavy atom. The van der Waals surface area contributed by atoms with E-state index >= 15 is 0 Å². The molecular formula is C20H18Br3ClN2O5. The van der Waals surface area contributed by atoms with Crippen LogP contribution in [-0.2, 0) is 23.9 Å². The summed E-state index contributed by atoms with van der Waals surface area (Å²) >= 11 is 16.5. The van der Waals surface area contributed by atoms with Gasteiger partial charge in [-0.3, -0.25) is 24.1 Å². The molecule has 2 bridgehead atoms. The van der Waals surface area contributed by atoms with Crippen molar-refractivity contribution in [3.8, 4) is 0 Å². The van der Waals surface area contributed by atoms with E-state index in [-0.39, 0.29) is 58.1 Å². The molecule has 0 spiro atoms. The number of nitrogens with zero attached hydrogens (tertiary/aromatic N) is 1. The molecule has 0 aromatic heterocycles. The van der Waals surface area contributed by atoms with Gasteiger partial charge in [-0.05, 0) is 52.4 Å². The van der Waals surface area contributed by atoms with Crippen molar-refractivity contribution in [2.75, 3.05) is 18.5 Å². The molecule has 7 nitrogen and oxygen atoms in total. The summed E-state index contributed by atoms with van der Waals surface area (Å²) in [6.07, 6.45) is 0.701. The Morgan fingerprint density at radius 3 is 2.32 bits per heavy atom. The molecule has 3 fully saturated rings. The van der Waals surface area contributed by atoms with E-state index in [4.69, 9.17) is 16.3 Å². The fourth-order valence-corrected chi connectivity index (χ4v) is 7.12. The van der Waals surface area contributed by atoms with Crippen molar-refractivity contribution in [1.82, 2.24) is 4.90 Å². The number of carbonyl (C=O) groups is 4. The average Bonchev–Trinajstić information content (AvgIpc) is 3.33. The topological polar surface area (TPSA) is 92.8 Å². The van der Waals surface area contributed by atoms with Crippen LogP contribution in [0.3, 0.4) is 0 Å². The first-order chi connectivity index (χ1) is 14.7. The Bertz CT molecular complexity index is 929. The standard InChI is InChI=1S/C20H18Br3ClN2O5/c21-11-2-1-8(5-12(11)24)25-13(27)7-31-14(28)3-4-26-19(29)15-9-6-10(16(15)20(26)30)18(23)17(9)22/h1-2,5,9-10,15-18H,3-4,6-7H2,(H,25,27)/t9-,10-,15-,16+,17+,18+/m1/s1. The summed E-state index contributed by atoms with van der Waals surface area (Å²) in [5.41, 5.74) is 0.471. The van der Waals surface area contributed by atoms with Gasteiger partial charge in [-0.2, -0.15) is 0 Å². The first-order valence-corrected chi connectivity index (χ1v) is 12.7. The lowest BCUT2D eigenvalue weighted by Crippen LogP contribution is -2.37. The Morgan fingerprint density at radius 1 is 1.13 bits per heavy atom. The van der Waals surface area contributed by atoms with Crippen LogP contribution in [0.25, 0.3) is 0 Å². The van der Waals surface area contributed by atoms with E-state index in [1.54, 1.807) is 18.2 Å². The van der Waals surface area contributed by atoms with Gasteiger partial charge in [0.05, 0.1) is 23.3 Å². The van der Waals surface area contributed by atoms with Crippen LogP contribution in [0, 0.1) is 23.7 Å². The van der Waals surface area contributed by atoms with E-state index in [9.17, 15) is 19.2 Å². The smallest absolute Gasteiger partial charge is 0.308 e. The molecule has 1 aliphatic heterocycles. The molecular weight excluding hydrogens is 623 g/mol. The zero-order valence-electron chi connectivity index (χ0n) is 16.0. The van der Waals surface area contributed by atoms with Crippen LogP contribution in [0.2, 0.25) is 5.02 Å². The van der Waals surface area contributed by atoms with E-state index < -0.39 is 18.5 Å². The third-order valence-electron chi connectivity index (χ3n) is 6.19. The van der Waals surface area contributed by atoms with Crippen LogP contribution in [0.1, 0.15) is 12.8 Å². The fourth-order valence-electron chi connectivity index (χ4n) is 4.82. The summed E-state index contributed by atoms with van der Waals surface area (Å²) in [6, 6.07) is 4.90. The number of esters is 1. The number of carbonyl (C=O) groups excluding carboxylic acids is 4. The number of hydrogen-bond acceptors (Lipinski definition) is 5. The number of benzene rings is 1. The highest BCUT2D eigenvalue weighted by molar-refractivity contribution is 9.12. The zero-order valence-corrected chi connectivity index (χ0v) is 21.5. The normalized spacial score (nSPS) is 31.2. The number of alkyl halides is 2. The number of amides is 3. The van der Waals surface area contributed by atoms with Crippen LogP contribution < -0.4 is 5.32 Å². The molecule has 0 radical (unpaired) electrons. The third kappa shape index (κ3) is 4.32. The quantitative estimate of drug-likeness (QED) is 0.291. The van der Waals surface area contributed by atoms with Gasteiger partial charge in [0, 0.05) is 26.4 Å². The molecule has 6 atom stereocenters. The van der Waals surface area contributed by atoms with Crippen molar-refractivity contribution in [3.05, 3.63) is 27.7 Å². The van der Waals surface area contributed by atoms with Gasteiger partial charge in [0.15, 0.2) is 6.61 Å². The predicted octanol–water partition coefficient (Wildman–Crippen LogP) is 3.75. The molecule has 3 aliphatic rings. The zero-order chi connectivity index (χ0) is 22.4. The summed E-state index contributed by atoms with van der Waals surface area (Å²) < 4.78 is 5.68. The van der Waals surface area contributed by atoms with Crippen LogP contribution in [0.15, 0.2) is 22.7 Å². The first kappa shape index (κ1) is 23.2. The Hall–Kier alpha value is -0.970. The molecule has 31 heavy (non-hydrogen) atoms. The minimum Gasteiger partial charge on any atom is -0.456 e. The van der Waals surface area contributed by atoms with Gasteiger partial charge in [-0.15, -0.1) is 0 Å². The molecule has 11 heteroatoms. The van der Waals surface area contributed by atoms with Gasteiger partial charge in [-0.1, -0.05) is 43.5 Å². The number of anilines is 1. The number of hydrogen-bond donors (Lipinski definition) is 1. The molecule has 1 aromatic rings. The number of imide groups is 1. The molecule has 2 aliphatic carbocycles. The number of rotatable bonds is 6. The summed E-state index contributed by atoms with van der Waals surface area (Å²) in [7, 11) is 0. The van der Waals surface area contributed by atoms with E-state index in [1.165, 1.54) is 4.90 Å². The van der Waals surface area contributed by atoms with E-state index in [0.29, 0.717) is 15.2 Å². The van der Waals surface area contributed by atoms with E-state index in [2.05, 4.69) is 53.1 Å². The van der Waals surface area contributed by atoms with Crippen LogP contribution >= 0.6 is 59.4 Å². The number of fused-ring (bicyclic) bond motifs is 5. The van der Waals surface area contributed by atoms with Crippen molar-refractivity contribution in [3.63, 3.8) is 0 Å². The highest BCUT2D eigenvalue weighted by Crippen LogP contribution is 2.60. The molecule has 2 saturated carbocycles. The lowest BCUT2D eigenvalue weighted by molar-refractivity contribution is -0.149. The molecule has 1 saturated heterocycles. The Balaban J connectivity index is 1.26. The minimum atomic E-state index is -0.652. The van der Waals surface area contributed by atoms with Gasteiger partial charge in [0.1, 0.15) is 0 Å². The van der Waals surface area contributed by atoms with Crippen LogP contribution in [0.5, 0.6) is 0 Å². The molecule has 1 aromatic carbocycles. The summed E-state index contributed by atoms with van der Waals surface area (Å²) in [6.45, 7) is -0.507. The van der Waals surface area contributed by atoms with Crippen molar-refractivity contribution in [2.24, 2.45) is 23.7 Å². The van der Waals surface area contributed by atoms with Gasteiger partial charge in [-0.25, -0.2) is 0 Å².